The number of Topliss-reactive ketones (excluding diaryl/α,β-unsaturated/α-hetero) is 4. The second kappa shape index (κ2) is 40.4. The van der Waals surface area contributed by atoms with E-state index >= 15 is 0 Å². The van der Waals surface area contributed by atoms with Crippen molar-refractivity contribution in [3.8, 4) is 0 Å². The van der Waals surface area contributed by atoms with Crippen molar-refractivity contribution in [1.82, 2.24) is 19.6 Å². The van der Waals surface area contributed by atoms with E-state index in [-0.39, 0.29) is 152 Å². The van der Waals surface area contributed by atoms with Gasteiger partial charge >= 0.3 is 87.7 Å². The number of rotatable bonds is 12. The van der Waals surface area contributed by atoms with E-state index < -0.39 is 42.1 Å². The van der Waals surface area contributed by atoms with E-state index in [1.807, 2.05) is 121 Å². The maximum Gasteiger partial charge on any atom is 1.00 e. The summed E-state index contributed by atoms with van der Waals surface area (Å²) in [7, 11) is 0. The van der Waals surface area contributed by atoms with Gasteiger partial charge in [0.1, 0.15) is 49.8 Å². The van der Waals surface area contributed by atoms with Gasteiger partial charge < -0.3 is 53.5 Å². The molecule has 4 amide bonds. The van der Waals surface area contributed by atoms with Gasteiger partial charge in [-0.3, -0.25) is 28.8 Å². The van der Waals surface area contributed by atoms with Crippen LogP contribution in [-0.2, 0) is 83.6 Å². The van der Waals surface area contributed by atoms with Crippen LogP contribution in [0.4, 0.5) is 19.2 Å². The molecule has 22 heteroatoms. The SMILES string of the molecule is CCOC(=O)C1CCCN(C(=O)OCc2ccccc2)CC1=O.CCOC(=O)C1CN(C(=O)OCc2ccccc2)CCCC1=O.O=C1CCCCN(C(=O)OCc2ccccc2)C1.O=C1CCCN(C(=O)OCc2ccccc2)CC1.[K+].[OH-]. The molecule has 4 aromatic rings. The Labute approximate surface area is 533 Å². The summed E-state index contributed by atoms with van der Waals surface area (Å²) in [5, 5.41) is 0. The Morgan fingerprint density at radius 2 is 0.774 bits per heavy atom. The molecule has 0 spiro atoms. The largest absolute Gasteiger partial charge is 1.00 e. The van der Waals surface area contributed by atoms with E-state index in [0.29, 0.717) is 71.2 Å². The fourth-order valence-electron chi connectivity index (χ4n) is 8.86. The average Bonchev–Trinajstić information content (AvgIpc) is 4.04. The molecule has 0 aliphatic carbocycles. The molecule has 2 atom stereocenters. The predicted octanol–water partition coefficient (Wildman–Crippen LogP) is 5.92. The van der Waals surface area contributed by atoms with Gasteiger partial charge in [-0.1, -0.05) is 121 Å². The summed E-state index contributed by atoms with van der Waals surface area (Å²) in [6.45, 7) is 7.28. The third-order valence-electron chi connectivity index (χ3n) is 13.3. The van der Waals surface area contributed by atoms with Crippen LogP contribution in [0.2, 0.25) is 0 Å². The number of carbonyl (C=O) groups excluding carboxylic acids is 10. The zero-order valence-corrected chi connectivity index (χ0v) is 51.6. The first-order chi connectivity index (χ1) is 39.7. The molecule has 0 bridgehead atoms. The number of ether oxygens (including phenoxy) is 6. The van der Waals surface area contributed by atoms with Crippen LogP contribution >= 0.6 is 0 Å². The maximum absolute atomic E-state index is 12.2. The van der Waals surface area contributed by atoms with Gasteiger partial charge in [0.2, 0.25) is 0 Å². The van der Waals surface area contributed by atoms with E-state index in [1.54, 1.807) is 18.7 Å². The third kappa shape index (κ3) is 26.4. The van der Waals surface area contributed by atoms with Crippen LogP contribution in [-0.4, -0.2) is 150 Å². The van der Waals surface area contributed by atoms with Crippen molar-refractivity contribution in [3.63, 3.8) is 0 Å². The van der Waals surface area contributed by atoms with Crippen LogP contribution in [0.25, 0.3) is 0 Å². The average molecular weight is 1190 g/mol. The zero-order chi connectivity index (χ0) is 58.9. The molecule has 4 aliphatic heterocycles. The Kier molecular flexibility index (Phi) is 34.4. The Balaban J connectivity index is 0.000000293. The molecule has 4 aromatic carbocycles. The summed E-state index contributed by atoms with van der Waals surface area (Å²) in [5.41, 5.74) is 3.68. The summed E-state index contributed by atoms with van der Waals surface area (Å²) < 4.78 is 30.8. The van der Waals surface area contributed by atoms with E-state index in [9.17, 15) is 47.9 Å². The molecule has 4 fully saturated rings. The topological polar surface area (TPSA) is 269 Å². The summed E-state index contributed by atoms with van der Waals surface area (Å²) in [4.78, 5) is 124. The van der Waals surface area contributed by atoms with Crippen molar-refractivity contribution in [2.24, 2.45) is 11.8 Å². The molecule has 0 radical (unpaired) electrons. The van der Waals surface area contributed by atoms with Crippen molar-refractivity contribution >= 4 is 59.4 Å². The number of hydrogen-bond acceptors (Lipinski definition) is 17. The number of likely N-dealkylation sites (tertiary alicyclic amines) is 4. The Hall–Kier alpha value is -6.82. The van der Waals surface area contributed by atoms with Gasteiger partial charge in [0, 0.05) is 65.0 Å². The molecule has 2 unspecified atom stereocenters. The Morgan fingerprint density at radius 3 is 1.25 bits per heavy atom. The fourth-order valence-corrected chi connectivity index (χ4v) is 8.86. The van der Waals surface area contributed by atoms with E-state index in [0.717, 1.165) is 41.5 Å². The molecule has 1 N–H and O–H groups in total. The number of carbonyl (C=O) groups is 10. The molecule has 448 valence electrons. The van der Waals surface area contributed by atoms with Crippen LogP contribution in [0.5, 0.6) is 0 Å². The third-order valence-corrected chi connectivity index (χ3v) is 13.3. The number of benzene rings is 4. The van der Waals surface area contributed by atoms with Gasteiger partial charge in [-0.05, 0) is 74.6 Å². The second-order valence-corrected chi connectivity index (χ2v) is 19.6. The monoisotopic (exact) mass is 1190 g/mol. The molecule has 4 heterocycles. The molecule has 21 nitrogen and oxygen atoms in total. The zero-order valence-electron chi connectivity index (χ0n) is 48.4. The van der Waals surface area contributed by atoms with Crippen LogP contribution in [0, 0.1) is 11.8 Å². The van der Waals surface area contributed by atoms with Crippen LogP contribution in [0.1, 0.15) is 100 Å². The number of hydrogen-bond donors (Lipinski definition) is 0. The van der Waals surface area contributed by atoms with Gasteiger partial charge in [-0.25, -0.2) is 19.2 Å². The molecule has 0 aromatic heterocycles. The predicted molar refractivity (Wildman–Crippen MR) is 301 cm³/mol. The minimum absolute atomic E-state index is 0. The smallest absolute Gasteiger partial charge is 0.870 e. The molecular weight excluding hydrogens is 1110 g/mol. The molecule has 8 rings (SSSR count). The molecule has 84 heavy (non-hydrogen) atoms. The minimum Gasteiger partial charge on any atom is -0.870 e. The summed E-state index contributed by atoms with van der Waals surface area (Å²) in [6, 6.07) is 37.8. The van der Waals surface area contributed by atoms with E-state index in [1.165, 1.54) is 14.7 Å². The second-order valence-electron chi connectivity index (χ2n) is 19.6. The standard InChI is InChI=1S/2C17H21NO5.2C14H17NO3.K.H2O/c1-2-22-16(20)14-11-18(10-6-9-15(14)19)17(21)23-12-13-7-4-3-5-8-13;1-2-22-16(20)14-9-6-10-18(11-15(14)19)17(21)23-12-13-7-4-3-5-8-13;16-13-8-4-5-9-15(10-13)14(17)18-11-12-6-2-1-3-7-12;16-13-7-4-9-15(10-8-13)14(17)18-11-12-5-2-1-3-6-12;;/h2*3-5,7-8,14H,2,6,9-12H2,1H3;1-3,6-7H,4-5,8-11H2;1-3,5-6H,4,7-11H2;;1H2/q;;;;+1;/p-1. The van der Waals surface area contributed by atoms with Crippen molar-refractivity contribution in [2.75, 3.05) is 65.6 Å². The van der Waals surface area contributed by atoms with Crippen molar-refractivity contribution in [3.05, 3.63) is 144 Å². The first-order valence-electron chi connectivity index (χ1n) is 28.0. The maximum atomic E-state index is 12.2. The van der Waals surface area contributed by atoms with Crippen LogP contribution in [0.3, 0.4) is 0 Å². The van der Waals surface area contributed by atoms with Gasteiger partial charge in [0.25, 0.3) is 0 Å². The van der Waals surface area contributed by atoms with Gasteiger partial charge in [-0.2, -0.15) is 0 Å². The summed E-state index contributed by atoms with van der Waals surface area (Å²) in [5.74, 6) is -2.89. The van der Waals surface area contributed by atoms with Gasteiger partial charge in [-0.15, -0.1) is 0 Å². The van der Waals surface area contributed by atoms with Gasteiger partial charge in [0.15, 0.2) is 11.6 Å². The normalized spacial score (nSPS) is 16.9. The number of amides is 4. The minimum atomic E-state index is -0.915. The fraction of sp³-hybridized carbons (Fsp3) is 0.452. The van der Waals surface area contributed by atoms with E-state index in [2.05, 4.69) is 0 Å². The Bertz CT molecular complexity index is 2690. The molecule has 0 saturated carbocycles. The summed E-state index contributed by atoms with van der Waals surface area (Å²) >= 11 is 0. The van der Waals surface area contributed by atoms with E-state index in [4.69, 9.17) is 28.4 Å². The first-order valence-corrected chi connectivity index (χ1v) is 28.0. The summed E-state index contributed by atoms with van der Waals surface area (Å²) in [6.07, 6.45) is 4.04. The van der Waals surface area contributed by atoms with Gasteiger partial charge in [0.05, 0.1) is 26.3 Å². The molecule has 4 saturated heterocycles. The van der Waals surface area contributed by atoms with Crippen molar-refractivity contribution in [2.45, 2.75) is 104 Å². The van der Waals surface area contributed by atoms with Crippen molar-refractivity contribution < 1.29 is 133 Å². The Morgan fingerprint density at radius 1 is 0.393 bits per heavy atom. The molecule has 4 aliphatic rings. The van der Waals surface area contributed by atoms with Crippen LogP contribution in [0.15, 0.2) is 121 Å². The number of esters is 2. The first kappa shape index (κ1) is 71.4. The number of nitrogens with zero attached hydrogens (tertiary/aromatic N) is 4. The molecular formula is C62H77KN4O17. The number of ketones is 4. The quantitative estimate of drug-likeness (QED) is 0.0689. The van der Waals surface area contributed by atoms with Crippen molar-refractivity contribution in [1.29, 1.82) is 0 Å². The van der Waals surface area contributed by atoms with Crippen LogP contribution < -0.4 is 51.4 Å².